The second-order valence-corrected chi connectivity index (χ2v) is 6.06. The molecular formula is C13H11F3N2O2S. The molecule has 0 fully saturated rings. The molecule has 112 valence electrons. The van der Waals surface area contributed by atoms with E-state index in [0.29, 0.717) is 23.4 Å². The van der Waals surface area contributed by atoms with Gasteiger partial charge in [0.15, 0.2) is 11.6 Å². The minimum absolute atomic E-state index is 0.196. The van der Waals surface area contributed by atoms with Crippen molar-refractivity contribution < 1.29 is 21.6 Å². The third-order valence-electron chi connectivity index (χ3n) is 2.79. The average molecular weight is 316 g/mol. The fraction of sp³-hybridized carbons (Fsp3) is 0.0769. The van der Waals surface area contributed by atoms with Gasteiger partial charge in [0.05, 0.1) is 10.6 Å². The zero-order chi connectivity index (χ0) is 15.8. The van der Waals surface area contributed by atoms with Crippen LogP contribution >= 0.6 is 0 Å². The lowest BCUT2D eigenvalue weighted by molar-refractivity contribution is 0.498. The van der Waals surface area contributed by atoms with E-state index in [1.54, 1.807) is 6.92 Å². The summed E-state index contributed by atoms with van der Waals surface area (Å²) in [6, 6.07) is 4.72. The molecule has 0 bridgehead atoms. The summed E-state index contributed by atoms with van der Waals surface area (Å²) in [5.41, 5.74) is 5.66. The first kappa shape index (κ1) is 15.2. The molecule has 0 saturated heterocycles. The van der Waals surface area contributed by atoms with Crippen LogP contribution < -0.4 is 10.5 Å². The van der Waals surface area contributed by atoms with Crippen LogP contribution in [0.5, 0.6) is 0 Å². The molecule has 2 rings (SSSR count). The Bertz CT molecular complexity index is 807. The van der Waals surface area contributed by atoms with Gasteiger partial charge in [0.25, 0.3) is 10.0 Å². The molecule has 2 aromatic rings. The monoisotopic (exact) mass is 316 g/mol. The van der Waals surface area contributed by atoms with Crippen molar-refractivity contribution in [3.05, 3.63) is 53.3 Å². The second-order valence-electron chi connectivity index (χ2n) is 4.37. The molecule has 0 unspecified atom stereocenters. The molecule has 2 aromatic carbocycles. The van der Waals surface area contributed by atoms with Gasteiger partial charge in [-0.2, -0.15) is 0 Å². The van der Waals surface area contributed by atoms with Crippen LogP contribution in [-0.2, 0) is 10.0 Å². The summed E-state index contributed by atoms with van der Waals surface area (Å²) in [5, 5.41) is 0. The number of nitrogen functional groups attached to an aromatic ring is 1. The normalized spacial score (nSPS) is 11.4. The molecule has 3 N–H and O–H groups in total. The summed E-state index contributed by atoms with van der Waals surface area (Å²) in [6.07, 6.45) is 0. The number of hydrogen-bond acceptors (Lipinski definition) is 3. The number of halogens is 3. The maximum Gasteiger partial charge on any atom is 0.262 e. The minimum Gasteiger partial charge on any atom is -0.399 e. The molecular weight excluding hydrogens is 305 g/mol. The van der Waals surface area contributed by atoms with Crippen molar-refractivity contribution in [3.8, 4) is 0 Å². The van der Waals surface area contributed by atoms with Crippen LogP contribution in [0, 0.1) is 24.4 Å². The molecule has 0 radical (unpaired) electrons. The van der Waals surface area contributed by atoms with Crippen LogP contribution in [-0.4, -0.2) is 8.42 Å². The Morgan fingerprint density at radius 3 is 2.38 bits per heavy atom. The van der Waals surface area contributed by atoms with E-state index >= 15 is 0 Å². The van der Waals surface area contributed by atoms with Crippen molar-refractivity contribution in [2.45, 2.75) is 11.8 Å². The lowest BCUT2D eigenvalue weighted by Gasteiger charge is -2.10. The van der Waals surface area contributed by atoms with Crippen LogP contribution in [0.4, 0.5) is 24.5 Å². The van der Waals surface area contributed by atoms with Gasteiger partial charge in [-0.05, 0) is 30.7 Å². The maximum atomic E-state index is 13.5. The minimum atomic E-state index is -4.19. The summed E-state index contributed by atoms with van der Waals surface area (Å²) < 4.78 is 65.6. The van der Waals surface area contributed by atoms with E-state index in [0.717, 1.165) is 0 Å². The predicted octanol–water partition coefficient (Wildman–Crippen LogP) is 2.80. The van der Waals surface area contributed by atoms with Gasteiger partial charge in [0.2, 0.25) is 0 Å². The molecule has 4 nitrogen and oxygen atoms in total. The molecule has 0 aromatic heterocycles. The van der Waals surface area contributed by atoms with E-state index in [4.69, 9.17) is 5.73 Å². The Morgan fingerprint density at radius 1 is 1.10 bits per heavy atom. The lowest BCUT2D eigenvalue weighted by atomic mass is 10.2. The zero-order valence-corrected chi connectivity index (χ0v) is 11.6. The van der Waals surface area contributed by atoms with Crippen LogP contribution in [0.25, 0.3) is 0 Å². The summed E-state index contributed by atoms with van der Waals surface area (Å²) >= 11 is 0. The molecule has 0 spiro atoms. The Kier molecular flexibility index (Phi) is 3.82. The molecule has 0 aliphatic carbocycles. The third kappa shape index (κ3) is 3.10. The summed E-state index contributed by atoms with van der Waals surface area (Å²) in [6.45, 7) is 1.59. The van der Waals surface area contributed by atoms with Gasteiger partial charge in [-0.3, -0.25) is 4.72 Å². The standard InChI is InChI=1S/C13H11F3N2O2S/c1-7-4-9(2-3-11(7)17)21(19,20)18-12-6-8(14)5-10(15)13(12)16/h2-6,18H,17H2,1H3. The number of rotatable bonds is 3. The number of sulfonamides is 1. The van der Waals surface area contributed by atoms with Gasteiger partial charge in [-0.1, -0.05) is 0 Å². The third-order valence-corrected chi connectivity index (χ3v) is 4.15. The number of aryl methyl sites for hydroxylation is 1. The topological polar surface area (TPSA) is 72.2 Å². The van der Waals surface area contributed by atoms with Gasteiger partial charge in [-0.15, -0.1) is 0 Å². The Morgan fingerprint density at radius 2 is 1.76 bits per heavy atom. The first-order chi connectivity index (χ1) is 9.70. The SMILES string of the molecule is Cc1cc(S(=O)(=O)Nc2cc(F)cc(F)c2F)ccc1N. The van der Waals surface area contributed by atoms with E-state index in [2.05, 4.69) is 0 Å². The average Bonchev–Trinajstić information content (AvgIpc) is 2.38. The lowest BCUT2D eigenvalue weighted by Crippen LogP contribution is -2.15. The molecule has 0 saturated carbocycles. The maximum absolute atomic E-state index is 13.5. The number of hydrogen-bond donors (Lipinski definition) is 2. The Balaban J connectivity index is 2.44. The highest BCUT2D eigenvalue weighted by atomic mass is 32.2. The van der Waals surface area contributed by atoms with Gasteiger partial charge in [-0.25, -0.2) is 21.6 Å². The van der Waals surface area contributed by atoms with Gasteiger partial charge in [0.1, 0.15) is 5.82 Å². The molecule has 8 heteroatoms. The van der Waals surface area contributed by atoms with E-state index in [1.165, 1.54) is 18.2 Å². The predicted molar refractivity (Wildman–Crippen MR) is 72.7 cm³/mol. The highest BCUT2D eigenvalue weighted by molar-refractivity contribution is 7.92. The first-order valence-corrected chi connectivity index (χ1v) is 7.22. The summed E-state index contributed by atoms with van der Waals surface area (Å²) in [5.74, 6) is -4.06. The Hall–Kier alpha value is -2.22. The van der Waals surface area contributed by atoms with Crippen LogP contribution in [0.2, 0.25) is 0 Å². The molecule has 0 aliphatic rings. The largest absolute Gasteiger partial charge is 0.399 e. The quantitative estimate of drug-likeness (QED) is 0.675. The fourth-order valence-corrected chi connectivity index (χ4v) is 2.78. The van der Waals surface area contributed by atoms with Gasteiger partial charge < -0.3 is 5.73 Å². The van der Waals surface area contributed by atoms with Crippen molar-refractivity contribution >= 4 is 21.4 Å². The van der Waals surface area contributed by atoms with Crippen LogP contribution in [0.15, 0.2) is 35.2 Å². The molecule has 21 heavy (non-hydrogen) atoms. The van der Waals surface area contributed by atoms with E-state index < -0.39 is 33.2 Å². The number of nitrogens with two attached hydrogens (primary N) is 1. The van der Waals surface area contributed by atoms with Crippen LogP contribution in [0.1, 0.15) is 5.56 Å². The van der Waals surface area contributed by atoms with Crippen molar-refractivity contribution in [1.82, 2.24) is 0 Å². The van der Waals surface area contributed by atoms with Crippen molar-refractivity contribution in [2.24, 2.45) is 0 Å². The fourth-order valence-electron chi connectivity index (χ4n) is 1.65. The molecule has 0 atom stereocenters. The van der Waals surface area contributed by atoms with Crippen molar-refractivity contribution in [1.29, 1.82) is 0 Å². The zero-order valence-electron chi connectivity index (χ0n) is 10.8. The summed E-state index contributed by atoms with van der Waals surface area (Å²) in [4.78, 5) is -0.196. The highest BCUT2D eigenvalue weighted by Gasteiger charge is 2.19. The van der Waals surface area contributed by atoms with E-state index in [1.807, 2.05) is 4.72 Å². The smallest absolute Gasteiger partial charge is 0.262 e. The van der Waals surface area contributed by atoms with E-state index in [9.17, 15) is 21.6 Å². The van der Waals surface area contributed by atoms with Crippen molar-refractivity contribution in [2.75, 3.05) is 10.5 Å². The Labute approximate surface area is 119 Å². The molecule has 0 aliphatic heterocycles. The number of nitrogens with one attached hydrogen (secondary N) is 1. The van der Waals surface area contributed by atoms with Crippen molar-refractivity contribution in [3.63, 3.8) is 0 Å². The van der Waals surface area contributed by atoms with Crippen LogP contribution in [0.3, 0.4) is 0 Å². The summed E-state index contributed by atoms with van der Waals surface area (Å²) in [7, 11) is -4.19. The number of anilines is 2. The van der Waals surface area contributed by atoms with Gasteiger partial charge >= 0.3 is 0 Å². The van der Waals surface area contributed by atoms with Gasteiger partial charge in [0, 0.05) is 17.8 Å². The molecule has 0 amide bonds. The molecule has 0 heterocycles. The first-order valence-electron chi connectivity index (χ1n) is 5.74. The highest BCUT2D eigenvalue weighted by Crippen LogP contribution is 2.24. The number of benzene rings is 2. The van der Waals surface area contributed by atoms with E-state index in [-0.39, 0.29) is 4.90 Å². The second kappa shape index (κ2) is 5.28.